The van der Waals surface area contributed by atoms with Gasteiger partial charge in [-0.15, -0.1) is 0 Å². The van der Waals surface area contributed by atoms with Gasteiger partial charge in [0.05, 0.1) is 12.2 Å². The lowest BCUT2D eigenvalue weighted by atomic mass is 9.82. The summed E-state index contributed by atoms with van der Waals surface area (Å²) in [6.07, 6.45) is 5.32. The fraction of sp³-hybridized carbons (Fsp3) is 1.00. The molecule has 1 rings (SSSR count). The molecule has 0 aromatic carbocycles. The third-order valence-electron chi connectivity index (χ3n) is 3.62. The molecule has 1 saturated heterocycles. The largest absolute Gasteiger partial charge is 0.396 e. The molecule has 3 unspecified atom stereocenters. The molecule has 0 radical (unpaired) electrons. The van der Waals surface area contributed by atoms with Gasteiger partial charge in [-0.25, -0.2) is 0 Å². The Hall–Kier alpha value is -0.0800. The van der Waals surface area contributed by atoms with E-state index < -0.39 is 0 Å². The smallest absolute Gasteiger partial charge is 0.0613 e. The van der Waals surface area contributed by atoms with Crippen molar-refractivity contribution in [2.24, 2.45) is 11.3 Å². The van der Waals surface area contributed by atoms with Crippen molar-refractivity contribution in [3.63, 3.8) is 0 Å². The molecule has 1 aliphatic rings. The molecule has 0 amide bonds. The van der Waals surface area contributed by atoms with Gasteiger partial charge in [0.15, 0.2) is 0 Å². The Kier molecular flexibility index (Phi) is 4.60. The maximum atomic E-state index is 9.28. The molecule has 2 heteroatoms. The van der Waals surface area contributed by atoms with Crippen LogP contribution in [0.1, 0.15) is 53.4 Å². The van der Waals surface area contributed by atoms with Crippen molar-refractivity contribution in [3.05, 3.63) is 0 Å². The highest BCUT2D eigenvalue weighted by atomic mass is 16.5. The van der Waals surface area contributed by atoms with Crippen LogP contribution in [0.2, 0.25) is 0 Å². The zero-order valence-corrected chi connectivity index (χ0v) is 10.6. The summed E-state index contributed by atoms with van der Waals surface area (Å²) >= 11 is 0. The third kappa shape index (κ3) is 3.46. The number of ether oxygens (including phenoxy) is 1. The van der Waals surface area contributed by atoms with Crippen LogP contribution in [0.15, 0.2) is 0 Å². The minimum atomic E-state index is 0.000712. The Bertz CT molecular complexity index is 189. The van der Waals surface area contributed by atoms with Crippen LogP contribution in [0.4, 0.5) is 0 Å². The molecule has 3 atom stereocenters. The first-order chi connectivity index (χ1) is 7.02. The van der Waals surface area contributed by atoms with Crippen molar-refractivity contribution in [3.8, 4) is 0 Å². The van der Waals surface area contributed by atoms with Gasteiger partial charge in [-0.2, -0.15) is 0 Å². The molecule has 0 saturated carbocycles. The van der Waals surface area contributed by atoms with Crippen molar-refractivity contribution in [2.75, 3.05) is 6.61 Å². The first-order valence-corrected chi connectivity index (χ1v) is 6.28. The quantitative estimate of drug-likeness (QED) is 0.762. The minimum Gasteiger partial charge on any atom is -0.396 e. The molecule has 1 heterocycles. The van der Waals surface area contributed by atoms with Gasteiger partial charge in [-0.05, 0) is 30.6 Å². The van der Waals surface area contributed by atoms with E-state index in [9.17, 15) is 5.11 Å². The van der Waals surface area contributed by atoms with E-state index in [-0.39, 0.29) is 12.0 Å². The summed E-state index contributed by atoms with van der Waals surface area (Å²) in [5, 5.41) is 9.28. The van der Waals surface area contributed by atoms with Gasteiger partial charge in [-0.3, -0.25) is 0 Å². The molecular weight excluding hydrogens is 188 g/mol. The molecule has 0 aromatic heterocycles. The van der Waals surface area contributed by atoms with Crippen LogP contribution in [0, 0.1) is 11.3 Å². The van der Waals surface area contributed by atoms with Crippen LogP contribution in [-0.4, -0.2) is 23.9 Å². The van der Waals surface area contributed by atoms with Crippen LogP contribution in [0.25, 0.3) is 0 Å². The van der Waals surface area contributed by atoms with Gasteiger partial charge < -0.3 is 9.84 Å². The van der Waals surface area contributed by atoms with E-state index in [1.807, 2.05) is 0 Å². The molecule has 0 aromatic rings. The zero-order valence-electron chi connectivity index (χ0n) is 10.6. The van der Waals surface area contributed by atoms with Crippen LogP contribution < -0.4 is 0 Å². The Balaban J connectivity index is 2.53. The second-order valence-electron chi connectivity index (χ2n) is 5.64. The van der Waals surface area contributed by atoms with Crippen LogP contribution >= 0.6 is 0 Å². The van der Waals surface area contributed by atoms with Gasteiger partial charge in [0.2, 0.25) is 0 Å². The van der Waals surface area contributed by atoms with Crippen molar-refractivity contribution >= 4 is 0 Å². The van der Waals surface area contributed by atoms with Gasteiger partial charge in [-0.1, -0.05) is 34.1 Å². The van der Waals surface area contributed by atoms with Crippen molar-refractivity contribution in [1.29, 1.82) is 0 Å². The highest BCUT2D eigenvalue weighted by Gasteiger charge is 2.36. The van der Waals surface area contributed by atoms with E-state index in [0.29, 0.717) is 18.1 Å². The molecule has 1 fully saturated rings. The summed E-state index contributed by atoms with van der Waals surface area (Å²) in [6.45, 7) is 8.91. The maximum absolute atomic E-state index is 9.28. The average molecular weight is 214 g/mol. The van der Waals surface area contributed by atoms with Crippen LogP contribution in [0.3, 0.4) is 0 Å². The van der Waals surface area contributed by atoms with Crippen LogP contribution in [0.5, 0.6) is 0 Å². The summed E-state index contributed by atoms with van der Waals surface area (Å²) < 4.78 is 6.04. The molecule has 0 bridgehead atoms. The predicted octanol–water partition coefficient (Wildman–Crippen LogP) is 2.99. The average Bonchev–Trinajstić information content (AvgIpc) is 2.59. The molecule has 0 spiro atoms. The lowest BCUT2D eigenvalue weighted by Gasteiger charge is -2.28. The topological polar surface area (TPSA) is 29.5 Å². The van der Waals surface area contributed by atoms with E-state index in [1.54, 1.807) is 0 Å². The highest BCUT2D eigenvalue weighted by Crippen LogP contribution is 2.37. The summed E-state index contributed by atoms with van der Waals surface area (Å²) in [4.78, 5) is 0. The van der Waals surface area contributed by atoms with Crippen LogP contribution in [-0.2, 0) is 4.74 Å². The Morgan fingerprint density at radius 3 is 2.40 bits per heavy atom. The molecule has 1 N–H and O–H groups in total. The van der Waals surface area contributed by atoms with E-state index in [1.165, 1.54) is 12.8 Å². The molecule has 0 aliphatic carbocycles. The first-order valence-electron chi connectivity index (χ1n) is 6.28. The summed E-state index contributed by atoms with van der Waals surface area (Å²) in [6, 6.07) is 0. The lowest BCUT2D eigenvalue weighted by molar-refractivity contribution is -0.00485. The normalized spacial score (nSPS) is 32.2. The molecular formula is C13H26O2. The SMILES string of the molecule is CCC1CC(CC)C(CC(C)(C)CO)O1. The second-order valence-corrected chi connectivity index (χ2v) is 5.64. The Morgan fingerprint density at radius 2 is 1.93 bits per heavy atom. The summed E-state index contributed by atoms with van der Waals surface area (Å²) in [5.41, 5.74) is 0.000712. The highest BCUT2D eigenvalue weighted by molar-refractivity contribution is 4.85. The first kappa shape index (κ1) is 13.0. The zero-order chi connectivity index (χ0) is 11.5. The van der Waals surface area contributed by atoms with E-state index in [0.717, 1.165) is 12.8 Å². The maximum Gasteiger partial charge on any atom is 0.0613 e. The number of aliphatic hydroxyl groups is 1. The van der Waals surface area contributed by atoms with Gasteiger partial charge >= 0.3 is 0 Å². The third-order valence-corrected chi connectivity index (χ3v) is 3.62. The van der Waals surface area contributed by atoms with E-state index in [2.05, 4.69) is 27.7 Å². The number of hydrogen-bond donors (Lipinski definition) is 1. The Labute approximate surface area is 94.0 Å². The Morgan fingerprint density at radius 1 is 1.27 bits per heavy atom. The van der Waals surface area contributed by atoms with Crippen molar-refractivity contribution in [2.45, 2.75) is 65.6 Å². The predicted molar refractivity (Wildman–Crippen MR) is 62.8 cm³/mol. The van der Waals surface area contributed by atoms with Crippen molar-refractivity contribution in [1.82, 2.24) is 0 Å². The van der Waals surface area contributed by atoms with Crippen molar-refractivity contribution < 1.29 is 9.84 Å². The van der Waals surface area contributed by atoms with Gasteiger partial charge in [0.1, 0.15) is 0 Å². The number of aliphatic hydroxyl groups excluding tert-OH is 1. The number of rotatable bonds is 5. The molecule has 1 aliphatic heterocycles. The second kappa shape index (κ2) is 5.31. The van der Waals surface area contributed by atoms with E-state index >= 15 is 0 Å². The summed E-state index contributed by atoms with van der Waals surface area (Å²) in [7, 11) is 0. The van der Waals surface area contributed by atoms with Gasteiger partial charge in [0.25, 0.3) is 0 Å². The minimum absolute atomic E-state index is 0.000712. The van der Waals surface area contributed by atoms with E-state index in [4.69, 9.17) is 4.74 Å². The number of hydrogen-bond acceptors (Lipinski definition) is 2. The van der Waals surface area contributed by atoms with Gasteiger partial charge in [0, 0.05) is 6.61 Å². The fourth-order valence-electron chi connectivity index (χ4n) is 2.42. The standard InChI is InChI=1S/C13H26O2/c1-5-10-7-11(6-2)15-12(10)8-13(3,4)9-14/h10-12,14H,5-9H2,1-4H3. The molecule has 15 heavy (non-hydrogen) atoms. The summed E-state index contributed by atoms with van der Waals surface area (Å²) in [5.74, 6) is 0.695. The lowest BCUT2D eigenvalue weighted by Crippen LogP contribution is -2.27. The molecule has 2 nitrogen and oxygen atoms in total. The molecule has 90 valence electrons. The fourth-order valence-corrected chi connectivity index (χ4v) is 2.42. The monoisotopic (exact) mass is 214 g/mol.